The Morgan fingerprint density at radius 1 is 0.429 bits per heavy atom. The van der Waals surface area contributed by atoms with E-state index in [1.54, 1.807) is 0 Å². The number of nitrogens with two attached hydrogens (primary N) is 3. The van der Waals surface area contributed by atoms with E-state index in [2.05, 4.69) is 0 Å². The lowest BCUT2D eigenvalue weighted by Crippen LogP contribution is -2.49. The third-order valence-corrected chi connectivity index (χ3v) is 8.84. The lowest BCUT2D eigenvalue weighted by atomic mass is 9.84. The molecule has 3 aliphatic carbocycles. The number of rotatable bonds is 9. The molecule has 0 unspecified atom stereocenters. The van der Waals surface area contributed by atoms with E-state index >= 15 is 0 Å². The molecule has 3 saturated carbocycles. The minimum absolute atomic E-state index is 0.240. The molecule has 0 bridgehead atoms. The van der Waals surface area contributed by atoms with E-state index in [-0.39, 0.29) is 55.2 Å². The Hall–Kier alpha value is -3.96. The van der Waals surface area contributed by atoms with Crippen LogP contribution in [-0.2, 0) is 28.6 Å². The standard InChI is InChI=1S/C30H39N3O9/c31-25(37)28(10-4-1-5-11-28)40-22(34)19-16-20(23(35)41-29(26(32)38)12-6-2-7-13-29)18-21(17-19)24(36)42-30(27(33)39)14-8-3-9-15-30/h16-18H,1-15H2,(H2,31,37)(H2,32,38)(H2,33,39). The maximum atomic E-state index is 13.4. The van der Waals surface area contributed by atoms with Crippen molar-refractivity contribution in [3.05, 3.63) is 34.9 Å². The van der Waals surface area contributed by atoms with E-state index in [0.29, 0.717) is 38.5 Å². The summed E-state index contributed by atoms with van der Waals surface area (Å²) in [5.41, 5.74) is 11.6. The van der Waals surface area contributed by atoms with Crippen LogP contribution in [0.15, 0.2) is 18.2 Å². The average molecular weight is 586 g/mol. The van der Waals surface area contributed by atoms with E-state index in [1.165, 1.54) is 0 Å². The molecule has 0 spiro atoms. The van der Waals surface area contributed by atoms with E-state index in [4.69, 9.17) is 31.4 Å². The largest absolute Gasteiger partial charge is 0.445 e. The van der Waals surface area contributed by atoms with Gasteiger partial charge in [0.15, 0.2) is 16.8 Å². The zero-order valence-corrected chi connectivity index (χ0v) is 23.7. The Morgan fingerprint density at radius 2 is 0.643 bits per heavy atom. The van der Waals surface area contributed by atoms with Gasteiger partial charge in [0.05, 0.1) is 16.7 Å². The molecular formula is C30H39N3O9. The number of carbonyl (C=O) groups is 6. The molecule has 42 heavy (non-hydrogen) atoms. The van der Waals surface area contributed by atoms with Crippen molar-refractivity contribution in [3.63, 3.8) is 0 Å². The van der Waals surface area contributed by atoms with Gasteiger partial charge in [0.25, 0.3) is 17.7 Å². The molecule has 0 aliphatic heterocycles. The lowest BCUT2D eigenvalue weighted by molar-refractivity contribution is -0.141. The fraction of sp³-hybridized carbons (Fsp3) is 0.600. The molecule has 228 valence electrons. The van der Waals surface area contributed by atoms with Crippen LogP contribution in [0, 0.1) is 0 Å². The summed E-state index contributed by atoms with van der Waals surface area (Å²) in [5, 5.41) is 0. The highest BCUT2D eigenvalue weighted by Gasteiger charge is 2.45. The van der Waals surface area contributed by atoms with Crippen LogP contribution in [0.5, 0.6) is 0 Å². The summed E-state index contributed by atoms with van der Waals surface area (Å²) < 4.78 is 16.9. The number of hydrogen-bond acceptors (Lipinski definition) is 9. The third-order valence-electron chi connectivity index (χ3n) is 8.84. The van der Waals surface area contributed by atoms with Crippen LogP contribution in [0.25, 0.3) is 0 Å². The zero-order chi connectivity index (χ0) is 30.5. The first-order valence-electron chi connectivity index (χ1n) is 14.7. The number of carbonyl (C=O) groups excluding carboxylic acids is 6. The maximum absolute atomic E-state index is 13.4. The van der Waals surface area contributed by atoms with Crippen LogP contribution in [0.2, 0.25) is 0 Å². The summed E-state index contributed by atoms with van der Waals surface area (Å²) >= 11 is 0. The Balaban J connectivity index is 1.70. The van der Waals surface area contributed by atoms with Gasteiger partial charge in [-0.15, -0.1) is 0 Å². The molecule has 0 radical (unpaired) electrons. The first-order chi connectivity index (χ1) is 19.9. The van der Waals surface area contributed by atoms with Gasteiger partial charge < -0.3 is 31.4 Å². The highest BCUT2D eigenvalue weighted by molar-refractivity contribution is 6.02. The summed E-state index contributed by atoms with van der Waals surface area (Å²) in [6.07, 6.45) is 7.80. The lowest BCUT2D eigenvalue weighted by Gasteiger charge is -2.34. The van der Waals surface area contributed by atoms with Crippen molar-refractivity contribution in [3.8, 4) is 0 Å². The SMILES string of the molecule is NC(=O)C1(OC(=O)c2cc(C(=O)OC3(C(N)=O)CCCCC3)cc(C(=O)OC3(C(N)=O)CCCCC3)c2)CCCCC1. The number of esters is 3. The minimum Gasteiger partial charge on any atom is -0.445 e. The zero-order valence-electron chi connectivity index (χ0n) is 23.7. The van der Waals surface area contributed by atoms with Crippen molar-refractivity contribution in [2.24, 2.45) is 17.2 Å². The number of hydrogen-bond donors (Lipinski definition) is 3. The quantitative estimate of drug-likeness (QED) is 0.287. The predicted octanol–water partition coefficient (Wildman–Crippen LogP) is 2.72. The molecule has 0 heterocycles. The summed E-state index contributed by atoms with van der Waals surface area (Å²) in [5.74, 6) is -5.30. The minimum atomic E-state index is -1.53. The van der Waals surface area contributed by atoms with Gasteiger partial charge in [0.2, 0.25) is 0 Å². The first-order valence-corrected chi connectivity index (χ1v) is 14.7. The van der Waals surface area contributed by atoms with Crippen molar-refractivity contribution >= 4 is 35.6 Å². The molecule has 3 aliphatic rings. The Morgan fingerprint density at radius 3 is 0.833 bits per heavy atom. The summed E-state index contributed by atoms with van der Waals surface area (Å²) in [6, 6.07) is 3.46. The smallest absolute Gasteiger partial charge is 0.339 e. The number of ether oxygens (including phenoxy) is 3. The van der Waals surface area contributed by atoms with E-state index < -0.39 is 52.4 Å². The molecular weight excluding hydrogens is 546 g/mol. The monoisotopic (exact) mass is 585 g/mol. The Kier molecular flexibility index (Phi) is 9.22. The summed E-state index contributed by atoms with van der Waals surface area (Å²) in [4.78, 5) is 77.3. The van der Waals surface area contributed by atoms with Crippen molar-refractivity contribution in [1.29, 1.82) is 0 Å². The molecule has 6 N–H and O–H groups in total. The number of primary amides is 3. The molecule has 3 fully saturated rings. The van der Waals surface area contributed by atoms with Gasteiger partial charge in [0.1, 0.15) is 0 Å². The Labute approximate surface area is 244 Å². The van der Waals surface area contributed by atoms with Gasteiger partial charge in [-0.2, -0.15) is 0 Å². The first kappa shape index (κ1) is 31.0. The van der Waals surface area contributed by atoms with Crippen molar-refractivity contribution in [2.75, 3.05) is 0 Å². The van der Waals surface area contributed by atoms with Gasteiger partial charge in [-0.25, -0.2) is 14.4 Å². The molecule has 12 heteroatoms. The molecule has 0 saturated heterocycles. The molecule has 0 atom stereocenters. The van der Waals surface area contributed by atoms with Gasteiger partial charge in [0, 0.05) is 0 Å². The molecule has 4 rings (SSSR count). The molecule has 12 nitrogen and oxygen atoms in total. The summed E-state index contributed by atoms with van der Waals surface area (Å²) in [6.45, 7) is 0. The molecule has 1 aromatic rings. The van der Waals surface area contributed by atoms with Crippen LogP contribution in [0.3, 0.4) is 0 Å². The molecule has 0 aromatic heterocycles. The normalized spacial score (nSPS) is 20.9. The predicted molar refractivity (Wildman–Crippen MR) is 148 cm³/mol. The second kappa shape index (κ2) is 12.5. The highest BCUT2D eigenvalue weighted by Crippen LogP contribution is 2.35. The van der Waals surface area contributed by atoms with Gasteiger partial charge in [-0.1, -0.05) is 19.3 Å². The van der Waals surface area contributed by atoms with Gasteiger partial charge in [-0.05, 0) is 95.2 Å². The van der Waals surface area contributed by atoms with Crippen molar-refractivity contribution < 1.29 is 43.0 Å². The topological polar surface area (TPSA) is 208 Å². The van der Waals surface area contributed by atoms with Crippen LogP contribution in [0.1, 0.15) is 127 Å². The number of benzene rings is 1. The Bertz CT molecular complexity index is 1090. The van der Waals surface area contributed by atoms with Crippen LogP contribution in [-0.4, -0.2) is 52.4 Å². The third kappa shape index (κ3) is 6.42. The number of amides is 3. The van der Waals surface area contributed by atoms with Gasteiger partial charge >= 0.3 is 17.9 Å². The van der Waals surface area contributed by atoms with Crippen LogP contribution < -0.4 is 17.2 Å². The van der Waals surface area contributed by atoms with Crippen molar-refractivity contribution in [2.45, 2.75) is 113 Å². The van der Waals surface area contributed by atoms with Crippen LogP contribution in [0.4, 0.5) is 0 Å². The van der Waals surface area contributed by atoms with E-state index in [1.807, 2.05) is 0 Å². The molecule has 1 aromatic carbocycles. The molecule has 3 amide bonds. The summed E-state index contributed by atoms with van der Waals surface area (Å²) in [7, 11) is 0. The maximum Gasteiger partial charge on any atom is 0.339 e. The second-order valence-corrected chi connectivity index (χ2v) is 11.7. The van der Waals surface area contributed by atoms with Gasteiger partial charge in [-0.3, -0.25) is 14.4 Å². The fourth-order valence-electron chi connectivity index (χ4n) is 6.26. The van der Waals surface area contributed by atoms with E-state index in [0.717, 1.165) is 37.5 Å². The highest BCUT2D eigenvalue weighted by atomic mass is 16.6. The van der Waals surface area contributed by atoms with E-state index in [9.17, 15) is 28.8 Å². The van der Waals surface area contributed by atoms with Crippen molar-refractivity contribution in [1.82, 2.24) is 0 Å². The second-order valence-electron chi connectivity index (χ2n) is 11.7. The fourth-order valence-corrected chi connectivity index (χ4v) is 6.26. The van der Waals surface area contributed by atoms with Crippen LogP contribution >= 0.6 is 0 Å². The average Bonchev–Trinajstić information content (AvgIpc) is 2.98.